The minimum absolute atomic E-state index is 0.00778. The van der Waals surface area contributed by atoms with Gasteiger partial charge in [-0.3, -0.25) is 14.5 Å². The minimum atomic E-state index is -0.809. The number of carbonyl (C=O) groups excluding carboxylic acids is 2. The lowest BCUT2D eigenvalue weighted by atomic mass is 9.80. The molecule has 5 rings (SSSR count). The molecule has 0 radical (unpaired) electrons. The first-order chi connectivity index (χ1) is 18.3. The highest BCUT2D eigenvalue weighted by atomic mass is 35.5. The SMILES string of the molecule is CC(C)CC1NC(=O)C2(CCN(Cc3ccc(OC4CCOCC4)cc3Cl)CC2)N(Cc2cccs2)C1=O. The van der Waals surface area contributed by atoms with E-state index >= 15 is 0 Å². The smallest absolute Gasteiger partial charge is 0.246 e. The van der Waals surface area contributed by atoms with Gasteiger partial charge in [-0.05, 0) is 54.3 Å². The number of rotatable bonds is 8. The van der Waals surface area contributed by atoms with E-state index in [1.54, 1.807) is 11.3 Å². The molecule has 1 aromatic carbocycles. The van der Waals surface area contributed by atoms with Crippen LogP contribution in [0.2, 0.25) is 5.02 Å². The van der Waals surface area contributed by atoms with Crippen molar-refractivity contribution in [3.05, 3.63) is 51.2 Å². The van der Waals surface area contributed by atoms with E-state index in [0.717, 1.165) is 42.2 Å². The molecule has 38 heavy (non-hydrogen) atoms. The Morgan fingerprint density at radius 1 is 1.16 bits per heavy atom. The zero-order valence-electron chi connectivity index (χ0n) is 22.3. The number of ether oxygens (including phenoxy) is 2. The number of hydrogen-bond acceptors (Lipinski definition) is 6. The molecule has 1 unspecified atom stereocenters. The van der Waals surface area contributed by atoms with Crippen LogP contribution >= 0.6 is 22.9 Å². The fraction of sp³-hybridized carbons (Fsp3) is 0.586. The maximum Gasteiger partial charge on any atom is 0.246 e. The van der Waals surface area contributed by atoms with Crippen LogP contribution in [0.5, 0.6) is 5.75 Å². The highest BCUT2D eigenvalue weighted by molar-refractivity contribution is 7.09. The number of halogens is 1. The standard InChI is InChI=1S/C29H38ClN3O4S/c1-20(2)16-26-27(34)33(19-24-4-3-15-38-24)29(28(35)31-26)9-11-32(12-10-29)18-21-5-6-23(17-25(21)30)37-22-7-13-36-14-8-22/h3-6,15,17,20,22,26H,7-14,16,18-19H2,1-2H3,(H,31,35). The van der Waals surface area contributed by atoms with Gasteiger partial charge in [-0.1, -0.05) is 37.6 Å². The highest BCUT2D eigenvalue weighted by Crippen LogP contribution is 2.36. The van der Waals surface area contributed by atoms with Gasteiger partial charge in [0.15, 0.2) is 0 Å². The summed E-state index contributed by atoms with van der Waals surface area (Å²) in [5.74, 6) is 1.15. The summed E-state index contributed by atoms with van der Waals surface area (Å²) < 4.78 is 11.5. The topological polar surface area (TPSA) is 71.1 Å². The third-order valence-electron chi connectivity index (χ3n) is 7.98. The molecular weight excluding hydrogens is 522 g/mol. The van der Waals surface area contributed by atoms with Gasteiger partial charge in [0.1, 0.15) is 23.4 Å². The van der Waals surface area contributed by atoms with Gasteiger partial charge in [-0.25, -0.2) is 0 Å². The van der Waals surface area contributed by atoms with Crippen molar-refractivity contribution in [2.75, 3.05) is 26.3 Å². The first-order valence-corrected chi connectivity index (χ1v) is 15.0. The zero-order chi connectivity index (χ0) is 26.7. The lowest BCUT2D eigenvalue weighted by Crippen LogP contribution is -2.72. The maximum absolute atomic E-state index is 13.7. The molecule has 0 aliphatic carbocycles. The van der Waals surface area contributed by atoms with Gasteiger partial charge in [0.2, 0.25) is 11.8 Å². The Labute approximate surface area is 234 Å². The molecule has 2 amide bonds. The third kappa shape index (κ3) is 6.03. The number of nitrogens with zero attached hydrogens (tertiary/aromatic N) is 2. The number of carbonyl (C=O) groups is 2. The molecule has 206 valence electrons. The van der Waals surface area contributed by atoms with E-state index in [9.17, 15) is 9.59 Å². The molecule has 2 aromatic rings. The molecule has 4 heterocycles. The van der Waals surface area contributed by atoms with Crippen LogP contribution in [-0.4, -0.2) is 65.6 Å². The zero-order valence-corrected chi connectivity index (χ0v) is 23.9. The summed E-state index contributed by atoms with van der Waals surface area (Å²) in [4.78, 5) is 32.6. The molecule has 1 N–H and O–H groups in total. The van der Waals surface area contributed by atoms with Crippen LogP contribution in [0.3, 0.4) is 0 Å². The second-order valence-corrected chi connectivity index (χ2v) is 12.6. The Morgan fingerprint density at radius 2 is 1.92 bits per heavy atom. The van der Waals surface area contributed by atoms with Crippen LogP contribution in [0.25, 0.3) is 0 Å². The van der Waals surface area contributed by atoms with Crippen molar-refractivity contribution in [2.24, 2.45) is 5.92 Å². The lowest BCUT2D eigenvalue weighted by Gasteiger charge is -2.51. The van der Waals surface area contributed by atoms with Gasteiger partial charge in [-0.15, -0.1) is 11.3 Å². The quantitative estimate of drug-likeness (QED) is 0.500. The normalized spacial score (nSPS) is 22.7. The van der Waals surface area contributed by atoms with Gasteiger partial charge >= 0.3 is 0 Å². The first-order valence-electron chi connectivity index (χ1n) is 13.7. The number of amides is 2. The van der Waals surface area contributed by atoms with Crippen molar-refractivity contribution in [1.29, 1.82) is 0 Å². The molecule has 0 bridgehead atoms. The maximum atomic E-state index is 13.7. The Morgan fingerprint density at radius 3 is 2.58 bits per heavy atom. The van der Waals surface area contributed by atoms with Gasteiger partial charge < -0.3 is 19.7 Å². The first kappa shape index (κ1) is 27.4. The Bertz CT molecular complexity index is 1110. The molecular formula is C29H38ClN3O4S. The second kappa shape index (κ2) is 11.9. The summed E-state index contributed by atoms with van der Waals surface area (Å²) in [7, 11) is 0. The largest absolute Gasteiger partial charge is 0.490 e. The van der Waals surface area contributed by atoms with Crippen LogP contribution in [0.15, 0.2) is 35.7 Å². The molecule has 3 aliphatic heterocycles. The van der Waals surface area contributed by atoms with E-state index in [1.165, 1.54) is 0 Å². The number of nitrogens with one attached hydrogen (secondary N) is 1. The average Bonchev–Trinajstić information content (AvgIpc) is 3.42. The summed E-state index contributed by atoms with van der Waals surface area (Å²) in [6, 6.07) is 9.53. The van der Waals surface area contributed by atoms with Crippen LogP contribution in [0, 0.1) is 5.92 Å². The fourth-order valence-corrected chi connectivity index (χ4v) is 6.75. The third-order valence-corrected chi connectivity index (χ3v) is 9.20. The Kier molecular flexibility index (Phi) is 8.62. The predicted octanol–water partition coefficient (Wildman–Crippen LogP) is 4.87. The van der Waals surface area contributed by atoms with Crippen LogP contribution < -0.4 is 10.1 Å². The van der Waals surface area contributed by atoms with Gasteiger partial charge in [-0.2, -0.15) is 0 Å². The van der Waals surface area contributed by atoms with E-state index in [2.05, 4.69) is 24.1 Å². The molecule has 3 saturated heterocycles. The number of thiophene rings is 1. The average molecular weight is 560 g/mol. The predicted molar refractivity (Wildman–Crippen MR) is 149 cm³/mol. The van der Waals surface area contributed by atoms with Crippen molar-refractivity contribution in [1.82, 2.24) is 15.1 Å². The van der Waals surface area contributed by atoms with Gasteiger partial charge in [0.05, 0.1) is 19.8 Å². The fourth-order valence-electron chi connectivity index (χ4n) is 5.83. The number of piperidine rings is 1. The minimum Gasteiger partial charge on any atom is -0.490 e. The number of hydrogen-bond donors (Lipinski definition) is 1. The van der Waals surface area contributed by atoms with Crippen LogP contribution in [0.1, 0.15) is 56.4 Å². The van der Waals surface area contributed by atoms with E-state index < -0.39 is 11.6 Å². The number of benzene rings is 1. The van der Waals surface area contributed by atoms with Crippen molar-refractivity contribution < 1.29 is 19.1 Å². The lowest BCUT2D eigenvalue weighted by molar-refractivity contribution is -0.162. The highest BCUT2D eigenvalue weighted by Gasteiger charge is 2.53. The number of likely N-dealkylation sites (tertiary alicyclic amines) is 1. The van der Waals surface area contributed by atoms with Crippen molar-refractivity contribution in [3.8, 4) is 5.75 Å². The van der Waals surface area contributed by atoms with E-state index in [4.69, 9.17) is 21.1 Å². The van der Waals surface area contributed by atoms with E-state index in [1.807, 2.05) is 40.6 Å². The monoisotopic (exact) mass is 559 g/mol. The summed E-state index contributed by atoms with van der Waals surface area (Å²) in [6.07, 6.45) is 3.82. The molecule has 0 saturated carbocycles. The van der Waals surface area contributed by atoms with Gasteiger partial charge in [0.25, 0.3) is 0 Å². The molecule has 7 nitrogen and oxygen atoms in total. The van der Waals surface area contributed by atoms with E-state index in [0.29, 0.717) is 56.4 Å². The molecule has 9 heteroatoms. The Balaban J connectivity index is 1.25. The summed E-state index contributed by atoms with van der Waals surface area (Å²) in [5, 5.41) is 5.81. The summed E-state index contributed by atoms with van der Waals surface area (Å²) in [5.41, 5.74) is 0.231. The molecule has 1 spiro atoms. The van der Waals surface area contributed by atoms with Crippen molar-refractivity contribution in [3.63, 3.8) is 0 Å². The number of piperazine rings is 1. The van der Waals surface area contributed by atoms with Crippen molar-refractivity contribution >= 4 is 34.8 Å². The van der Waals surface area contributed by atoms with Gasteiger partial charge in [0, 0.05) is 42.4 Å². The Hall–Kier alpha value is -2.13. The van der Waals surface area contributed by atoms with Crippen molar-refractivity contribution in [2.45, 2.75) is 76.7 Å². The molecule has 3 fully saturated rings. The summed E-state index contributed by atoms with van der Waals surface area (Å²) >= 11 is 8.29. The van der Waals surface area contributed by atoms with Crippen LogP contribution in [-0.2, 0) is 27.4 Å². The molecule has 1 atom stereocenters. The summed E-state index contributed by atoms with van der Waals surface area (Å²) in [6.45, 7) is 8.25. The molecule has 3 aliphatic rings. The second-order valence-electron chi connectivity index (χ2n) is 11.1. The van der Waals surface area contributed by atoms with Crippen LogP contribution in [0.4, 0.5) is 0 Å². The molecule has 1 aromatic heterocycles. The van der Waals surface area contributed by atoms with E-state index in [-0.39, 0.29) is 17.9 Å².